The highest BCUT2D eigenvalue weighted by Crippen LogP contribution is 2.19. The van der Waals surface area contributed by atoms with E-state index in [0.29, 0.717) is 6.04 Å². The van der Waals surface area contributed by atoms with Crippen molar-refractivity contribution in [3.05, 3.63) is 17.5 Å². The summed E-state index contributed by atoms with van der Waals surface area (Å²) in [6.07, 6.45) is 3.85. The summed E-state index contributed by atoms with van der Waals surface area (Å²) < 4.78 is 5.49. The summed E-state index contributed by atoms with van der Waals surface area (Å²) in [6, 6.07) is 3.40. The summed E-state index contributed by atoms with van der Waals surface area (Å²) in [5.74, 6) is 0.994. The van der Waals surface area contributed by atoms with E-state index >= 15 is 0 Å². The smallest absolute Gasteiger partial charge is 0.151 e. The van der Waals surface area contributed by atoms with E-state index in [1.807, 2.05) is 0 Å². The van der Waals surface area contributed by atoms with Crippen LogP contribution in [0.4, 0.5) is 0 Å². The molecule has 1 aromatic rings. The van der Waals surface area contributed by atoms with Crippen molar-refractivity contribution in [3.8, 4) is 0 Å². The van der Waals surface area contributed by atoms with E-state index in [1.54, 1.807) is 0 Å². The van der Waals surface area contributed by atoms with Crippen molar-refractivity contribution in [1.29, 1.82) is 0 Å². The molecule has 1 aromatic heterocycles. The predicted octanol–water partition coefficient (Wildman–Crippen LogP) is 1.45. The van der Waals surface area contributed by atoms with Gasteiger partial charge in [-0.15, -0.1) is 0 Å². The van der Waals surface area contributed by atoms with Crippen LogP contribution in [0.15, 0.2) is 10.6 Å². The SMILES string of the molecule is CC1CN(C)CCCN1Cc1cc(CNC2CC2)no1. The number of aromatic nitrogens is 1. The highest BCUT2D eigenvalue weighted by Gasteiger charge is 2.22. The number of hydrogen-bond donors (Lipinski definition) is 1. The van der Waals surface area contributed by atoms with Gasteiger partial charge in [-0.25, -0.2) is 0 Å². The van der Waals surface area contributed by atoms with Gasteiger partial charge in [-0.3, -0.25) is 4.90 Å². The minimum absolute atomic E-state index is 0.570. The molecule has 1 atom stereocenters. The van der Waals surface area contributed by atoms with Crippen LogP contribution in [0.2, 0.25) is 0 Å². The Kier molecular flexibility index (Phi) is 4.38. The molecule has 1 aliphatic carbocycles. The fraction of sp³-hybridized carbons (Fsp3) is 0.800. The first-order chi connectivity index (χ1) is 9.70. The molecule has 0 bridgehead atoms. The van der Waals surface area contributed by atoms with Crippen LogP contribution in [0.1, 0.15) is 37.6 Å². The van der Waals surface area contributed by atoms with Gasteiger partial charge in [0, 0.05) is 37.8 Å². The molecule has 0 radical (unpaired) electrons. The summed E-state index contributed by atoms with van der Waals surface area (Å²) in [5, 5.41) is 7.64. The van der Waals surface area contributed by atoms with Crippen LogP contribution in [-0.4, -0.2) is 53.7 Å². The Bertz CT molecular complexity index is 429. The second kappa shape index (κ2) is 6.24. The summed E-state index contributed by atoms with van der Waals surface area (Å²) in [6.45, 7) is 7.48. The van der Waals surface area contributed by atoms with E-state index < -0.39 is 0 Å². The lowest BCUT2D eigenvalue weighted by Gasteiger charge is -2.26. The van der Waals surface area contributed by atoms with Gasteiger partial charge in [-0.2, -0.15) is 0 Å². The van der Waals surface area contributed by atoms with Crippen molar-refractivity contribution in [1.82, 2.24) is 20.3 Å². The summed E-state index contributed by atoms with van der Waals surface area (Å²) in [5.41, 5.74) is 1.03. The van der Waals surface area contributed by atoms with Gasteiger partial charge in [0.2, 0.25) is 0 Å². The lowest BCUT2D eigenvalue weighted by atomic mass is 10.2. The molecule has 1 saturated heterocycles. The van der Waals surface area contributed by atoms with Crippen molar-refractivity contribution in [2.75, 3.05) is 26.7 Å². The van der Waals surface area contributed by atoms with Gasteiger partial charge >= 0.3 is 0 Å². The molecule has 5 nitrogen and oxygen atoms in total. The first kappa shape index (κ1) is 14.0. The fourth-order valence-corrected chi connectivity index (χ4v) is 2.91. The highest BCUT2D eigenvalue weighted by molar-refractivity contribution is 5.06. The topological polar surface area (TPSA) is 44.5 Å². The van der Waals surface area contributed by atoms with Crippen molar-refractivity contribution in [2.45, 2.75) is 51.4 Å². The van der Waals surface area contributed by atoms with Crippen LogP contribution in [0, 0.1) is 0 Å². The molecule has 2 aliphatic rings. The van der Waals surface area contributed by atoms with E-state index in [2.05, 4.69) is 40.3 Å². The van der Waals surface area contributed by atoms with E-state index in [4.69, 9.17) is 4.52 Å². The van der Waals surface area contributed by atoms with Gasteiger partial charge < -0.3 is 14.7 Å². The molecule has 2 fully saturated rings. The molecule has 1 unspecified atom stereocenters. The zero-order valence-corrected chi connectivity index (χ0v) is 12.6. The Morgan fingerprint density at radius 1 is 1.40 bits per heavy atom. The first-order valence-corrected chi connectivity index (χ1v) is 7.81. The maximum Gasteiger partial charge on any atom is 0.151 e. The number of likely N-dealkylation sites (N-methyl/N-ethyl adjacent to an activating group) is 1. The second-order valence-corrected chi connectivity index (χ2v) is 6.38. The molecular formula is C15H26N4O. The number of nitrogens with one attached hydrogen (secondary N) is 1. The maximum absolute atomic E-state index is 5.49. The third-order valence-electron chi connectivity index (χ3n) is 4.30. The number of nitrogens with zero attached hydrogens (tertiary/aromatic N) is 3. The minimum atomic E-state index is 0.570. The number of rotatable bonds is 5. The minimum Gasteiger partial charge on any atom is -0.360 e. The molecule has 0 amide bonds. The second-order valence-electron chi connectivity index (χ2n) is 6.38. The van der Waals surface area contributed by atoms with E-state index in [0.717, 1.165) is 43.7 Å². The van der Waals surface area contributed by atoms with Crippen molar-refractivity contribution in [2.24, 2.45) is 0 Å². The highest BCUT2D eigenvalue weighted by atomic mass is 16.5. The Labute approximate surface area is 121 Å². The van der Waals surface area contributed by atoms with Gasteiger partial charge in [0.05, 0.1) is 12.2 Å². The molecule has 5 heteroatoms. The molecule has 0 spiro atoms. The molecule has 3 rings (SSSR count). The fourth-order valence-electron chi connectivity index (χ4n) is 2.91. The van der Waals surface area contributed by atoms with Gasteiger partial charge in [-0.1, -0.05) is 5.16 Å². The molecular weight excluding hydrogens is 252 g/mol. The average molecular weight is 278 g/mol. The molecule has 2 heterocycles. The zero-order chi connectivity index (χ0) is 13.9. The molecule has 0 aromatic carbocycles. The third-order valence-corrected chi connectivity index (χ3v) is 4.30. The molecule has 1 N–H and O–H groups in total. The van der Waals surface area contributed by atoms with Crippen LogP contribution in [0.25, 0.3) is 0 Å². The Morgan fingerprint density at radius 3 is 3.05 bits per heavy atom. The van der Waals surface area contributed by atoms with Gasteiger partial charge in [-0.05, 0) is 39.8 Å². The van der Waals surface area contributed by atoms with Crippen LogP contribution >= 0.6 is 0 Å². The third kappa shape index (κ3) is 3.81. The summed E-state index contributed by atoms with van der Waals surface area (Å²) >= 11 is 0. The van der Waals surface area contributed by atoms with E-state index in [-0.39, 0.29) is 0 Å². The van der Waals surface area contributed by atoms with Crippen LogP contribution < -0.4 is 5.32 Å². The summed E-state index contributed by atoms with van der Waals surface area (Å²) in [4.78, 5) is 4.91. The Hall–Kier alpha value is -0.910. The Balaban J connectivity index is 1.53. The zero-order valence-electron chi connectivity index (χ0n) is 12.6. The molecule has 20 heavy (non-hydrogen) atoms. The van der Waals surface area contributed by atoms with Crippen LogP contribution in [0.3, 0.4) is 0 Å². The summed E-state index contributed by atoms with van der Waals surface area (Å²) in [7, 11) is 2.20. The normalized spacial score (nSPS) is 25.8. The van der Waals surface area contributed by atoms with E-state index in [1.165, 1.54) is 25.8 Å². The average Bonchev–Trinajstić information content (AvgIpc) is 3.16. The molecule has 1 aliphatic heterocycles. The van der Waals surface area contributed by atoms with Crippen molar-refractivity contribution >= 4 is 0 Å². The van der Waals surface area contributed by atoms with Crippen LogP contribution in [0.5, 0.6) is 0 Å². The van der Waals surface area contributed by atoms with Gasteiger partial charge in [0.25, 0.3) is 0 Å². The monoisotopic (exact) mass is 278 g/mol. The lowest BCUT2D eigenvalue weighted by molar-refractivity contribution is 0.175. The molecule has 1 saturated carbocycles. The maximum atomic E-state index is 5.49. The van der Waals surface area contributed by atoms with Crippen molar-refractivity contribution in [3.63, 3.8) is 0 Å². The predicted molar refractivity (Wildman–Crippen MR) is 78.4 cm³/mol. The first-order valence-electron chi connectivity index (χ1n) is 7.81. The number of hydrogen-bond acceptors (Lipinski definition) is 5. The van der Waals surface area contributed by atoms with E-state index in [9.17, 15) is 0 Å². The quantitative estimate of drug-likeness (QED) is 0.883. The van der Waals surface area contributed by atoms with Gasteiger partial charge in [0.1, 0.15) is 0 Å². The standard InChI is InChI=1S/C15H26N4O/c1-12-10-18(2)6-3-7-19(12)11-15-8-14(17-20-15)9-16-13-4-5-13/h8,12-13,16H,3-7,9-11H2,1-2H3. The largest absolute Gasteiger partial charge is 0.360 e. The van der Waals surface area contributed by atoms with Gasteiger partial charge in [0.15, 0.2) is 5.76 Å². The van der Waals surface area contributed by atoms with Crippen LogP contribution in [-0.2, 0) is 13.1 Å². The Morgan fingerprint density at radius 2 is 2.25 bits per heavy atom. The van der Waals surface area contributed by atoms with Crippen molar-refractivity contribution < 1.29 is 4.52 Å². The lowest BCUT2D eigenvalue weighted by Crippen LogP contribution is -2.37. The molecule has 112 valence electrons.